The van der Waals surface area contributed by atoms with Crippen LogP contribution in [-0.2, 0) is 26.0 Å². The van der Waals surface area contributed by atoms with Crippen molar-refractivity contribution in [3.05, 3.63) is 29.8 Å². The van der Waals surface area contributed by atoms with Gasteiger partial charge in [0.25, 0.3) is 0 Å². The topological polar surface area (TPSA) is 104 Å². The van der Waals surface area contributed by atoms with E-state index in [2.05, 4.69) is 16.0 Å². The van der Waals surface area contributed by atoms with Gasteiger partial charge in [-0.3, -0.25) is 9.59 Å². The average Bonchev–Trinajstić information content (AvgIpc) is 2.60. The van der Waals surface area contributed by atoms with Gasteiger partial charge in [0, 0.05) is 24.4 Å². The number of carbonyl (C=O) groups excluding carboxylic acids is 2. The van der Waals surface area contributed by atoms with Crippen molar-refractivity contribution in [1.82, 2.24) is 10.6 Å². The van der Waals surface area contributed by atoms with Crippen LogP contribution in [-0.4, -0.2) is 44.3 Å². The Hall–Kier alpha value is -1.93. The number of sulfone groups is 1. The molecule has 2 amide bonds. The third-order valence-corrected chi connectivity index (χ3v) is 6.75. The fraction of sp³-hybridized carbons (Fsp3) is 0.556. The van der Waals surface area contributed by atoms with Gasteiger partial charge in [-0.25, -0.2) is 8.42 Å². The summed E-state index contributed by atoms with van der Waals surface area (Å²) in [6.07, 6.45) is 1.68. The fourth-order valence-electron chi connectivity index (χ4n) is 2.93. The minimum absolute atomic E-state index is 0.0629. The lowest BCUT2D eigenvalue weighted by molar-refractivity contribution is -0.124. The van der Waals surface area contributed by atoms with Crippen molar-refractivity contribution in [3.63, 3.8) is 0 Å². The first kappa shape index (κ1) is 20.4. The van der Waals surface area contributed by atoms with Crippen LogP contribution in [0, 0.1) is 5.92 Å². The third kappa shape index (κ3) is 4.62. The number of hydrogen-bond acceptors (Lipinski definition) is 5. The number of rotatable bonds is 6. The Labute approximate surface area is 154 Å². The molecule has 0 aliphatic carbocycles. The van der Waals surface area contributed by atoms with E-state index < -0.39 is 20.5 Å². The van der Waals surface area contributed by atoms with Gasteiger partial charge in [0.15, 0.2) is 14.6 Å². The van der Waals surface area contributed by atoms with E-state index in [1.807, 2.05) is 13.8 Å². The Morgan fingerprint density at radius 1 is 1.15 bits per heavy atom. The highest BCUT2D eigenvalue weighted by molar-refractivity contribution is 7.92. The zero-order valence-electron chi connectivity index (χ0n) is 15.5. The Balaban J connectivity index is 2.01. The minimum atomic E-state index is -3.52. The first-order valence-corrected chi connectivity index (χ1v) is 10.6. The molecule has 0 unspecified atom stereocenters. The minimum Gasteiger partial charge on any atom is -0.351 e. The number of anilines is 1. The largest absolute Gasteiger partial charge is 0.351 e. The predicted octanol–water partition coefficient (Wildman–Crippen LogP) is 1.06. The molecule has 3 N–H and O–H groups in total. The summed E-state index contributed by atoms with van der Waals surface area (Å²) in [6, 6.07) is 7.12. The molecule has 7 nitrogen and oxygen atoms in total. The molecule has 1 fully saturated rings. The molecule has 0 spiro atoms. The van der Waals surface area contributed by atoms with Crippen molar-refractivity contribution in [2.45, 2.75) is 38.0 Å². The van der Waals surface area contributed by atoms with Gasteiger partial charge >= 0.3 is 0 Å². The molecule has 1 aromatic rings. The van der Waals surface area contributed by atoms with Crippen LogP contribution < -0.4 is 16.0 Å². The Morgan fingerprint density at radius 3 is 2.23 bits per heavy atom. The third-order valence-electron chi connectivity index (χ3n) is 4.73. The van der Waals surface area contributed by atoms with Crippen molar-refractivity contribution in [1.29, 1.82) is 0 Å². The maximum Gasteiger partial charge on any atom is 0.241 e. The van der Waals surface area contributed by atoms with Gasteiger partial charge in [0.2, 0.25) is 11.8 Å². The number of benzene rings is 1. The van der Waals surface area contributed by atoms with Crippen LogP contribution in [0.4, 0.5) is 5.69 Å². The quantitative estimate of drug-likeness (QED) is 0.684. The molecule has 8 heteroatoms. The van der Waals surface area contributed by atoms with Crippen LogP contribution in [0.25, 0.3) is 0 Å². The molecule has 1 aromatic carbocycles. The second-order valence-corrected chi connectivity index (χ2v) is 9.37. The SMILES string of the molecule is CC(C)C(=O)Nc1ccc(CNC(=O)C2(S(C)(=O)=O)CCNCC2)cc1. The number of nitrogens with one attached hydrogen (secondary N) is 3. The molecule has 0 atom stereocenters. The Bertz CT molecular complexity index is 751. The smallest absolute Gasteiger partial charge is 0.241 e. The maximum atomic E-state index is 12.7. The summed E-state index contributed by atoms with van der Waals surface area (Å²) in [5.41, 5.74) is 1.52. The number of amides is 2. The zero-order chi connectivity index (χ0) is 19.4. The average molecular weight is 381 g/mol. The molecule has 1 aliphatic rings. The van der Waals surface area contributed by atoms with E-state index >= 15 is 0 Å². The summed E-state index contributed by atoms with van der Waals surface area (Å²) in [4.78, 5) is 24.3. The highest BCUT2D eigenvalue weighted by Crippen LogP contribution is 2.28. The second kappa shape index (κ2) is 8.18. The lowest BCUT2D eigenvalue weighted by Crippen LogP contribution is -2.57. The highest BCUT2D eigenvalue weighted by Gasteiger charge is 2.48. The molecule has 1 heterocycles. The fourth-order valence-corrected chi connectivity index (χ4v) is 4.29. The van der Waals surface area contributed by atoms with Gasteiger partial charge < -0.3 is 16.0 Å². The molecular formula is C18H27N3O4S. The monoisotopic (exact) mass is 381 g/mol. The van der Waals surface area contributed by atoms with Gasteiger partial charge in [-0.05, 0) is 43.6 Å². The molecule has 144 valence electrons. The number of hydrogen-bond donors (Lipinski definition) is 3. The summed E-state index contributed by atoms with van der Waals surface area (Å²) >= 11 is 0. The maximum absolute atomic E-state index is 12.7. The van der Waals surface area contributed by atoms with Crippen LogP contribution in [0.3, 0.4) is 0 Å². The summed E-state index contributed by atoms with van der Waals surface area (Å²) in [5, 5.41) is 8.65. The molecule has 0 bridgehead atoms. The van der Waals surface area contributed by atoms with Gasteiger partial charge in [-0.1, -0.05) is 26.0 Å². The van der Waals surface area contributed by atoms with Crippen molar-refractivity contribution >= 4 is 27.3 Å². The highest BCUT2D eigenvalue weighted by atomic mass is 32.2. The lowest BCUT2D eigenvalue weighted by atomic mass is 9.95. The van der Waals surface area contributed by atoms with Crippen molar-refractivity contribution in [2.75, 3.05) is 24.7 Å². The molecule has 26 heavy (non-hydrogen) atoms. The van der Waals surface area contributed by atoms with Gasteiger partial charge in [-0.2, -0.15) is 0 Å². The lowest BCUT2D eigenvalue weighted by Gasteiger charge is -2.34. The van der Waals surface area contributed by atoms with E-state index in [-0.39, 0.29) is 31.2 Å². The normalized spacial score (nSPS) is 16.9. The van der Waals surface area contributed by atoms with Crippen molar-refractivity contribution < 1.29 is 18.0 Å². The van der Waals surface area contributed by atoms with E-state index in [1.54, 1.807) is 24.3 Å². The first-order chi connectivity index (χ1) is 12.2. The molecule has 0 aromatic heterocycles. The molecule has 2 rings (SSSR count). The van der Waals surface area contributed by atoms with Crippen LogP contribution >= 0.6 is 0 Å². The molecular weight excluding hydrogens is 354 g/mol. The zero-order valence-corrected chi connectivity index (χ0v) is 16.3. The number of piperidine rings is 1. The van der Waals surface area contributed by atoms with Crippen LogP contribution in [0.5, 0.6) is 0 Å². The van der Waals surface area contributed by atoms with Crippen LogP contribution in [0.2, 0.25) is 0 Å². The van der Waals surface area contributed by atoms with Crippen LogP contribution in [0.1, 0.15) is 32.3 Å². The number of carbonyl (C=O) groups is 2. The molecule has 1 saturated heterocycles. The van der Waals surface area contributed by atoms with Crippen LogP contribution in [0.15, 0.2) is 24.3 Å². The Morgan fingerprint density at radius 2 is 1.73 bits per heavy atom. The van der Waals surface area contributed by atoms with E-state index in [9.17, 15) is 18.0 Å². The van der Waals surface area contributed by atoms with E-state index in [1.165, 1.54) is 0 Å². The summed E-state index contributed by atoms with van der Waals surface area (Å²) < 4.78 is 23.1. The van der Waals surface area contributed by atoms with Gasteiger partial charge in [0.05, 0.1) is 0 Å². The van der Waals surface area contributed by atoms with E-state index in [4.69, 9.17) is 0 Å². The molecule has 1 aliphatic heterocycles. The first-order valence-electron chi connectivity index (χ1n) is 8.74. The van der Waals surface area contributed by atoms with E-state index in [0.29, 0.717) is 18.8 Å². The standard InChI is InChI=1S/C18H27N3O4S/c1-13(2)16(22)21-15-6-4-14(5-7-15)12-20-17(23)18(26(3,24)25)8-10-19-11-9-18/h4-7,13,19H,8-12H2,1-3H3,(H,20,23)(H,21,22). The Kier molecular flexibility index (Phi) is 6.41. The summed E-state index contributed by atoms with van der Waals surface area (Å²) in [5.74, 6) is -0.614. The predicted molar refractivity (Wildman–Crippen MR) is 101 cm³/mol. The van der Waals surface area contributed by atoms with Gasteiger partial charge in [0.1, 0.15) is 0 Å². The van der Waals surface area contributed by atoms with Crippen molar-refractivity contribution in [2.24, 2.45) is 5.92 Å². The van der Waals surface area contributed by atoms with Gasteiger partial charge in [-0.15, -0.1) is 0 Å². The summed E-state index contributed by atoms with van der Waals surface area (Å²) in [6.45, 7) is 4.88. The van der Waals surface area contributed by atoms with Crippen molar-refractivity contribution in [3.8, 4) is 0 Å². The van der Waals surface area contributed by atoms with E-state index in [0.717, 1.165) is 11.8 Å². The molecule has 0 radical (unpaired) electrons. The summed E-state index contributed by atoms with van der Waals surface area (Å²) in [7, 11) is -3.52. The molecule has 0 saturated carbocycles. The second-order valence-electron chi connectivity index (χ2n) is 7.04.